The van der Waals surface area contributed by atoms with Gasteiger partial charge in [0, 0.05) is 48.4 Å². The summed E-state index contributed by atoms with van der Waals surface area (Å²) in [5.41, 5.74) is 1.96. The molecule has 0 saturated carbocycles. The van der Waals surface area contributed by atoms with Crippen molar-refractivity contribution in [3.63, 3.8) is 0 Å². The highest BCUT2D eigenvalue weighted by Crippen LogP contribution is 2.23. The summed E-state index contributed by atoms with van der Waals surface area (Å²) in [5, 5.41) is 5.00. The highest BCUT2D eigenvalue weighted by molar-refractivity contribution is 5.93. The SMILES string of the molecule is O=C(c1cc(-c2cccnc2)on1)N1CCC(Oc2ccc3ccccc3n2)C1. The van der Waals surface area contributed by atoms with E-state index < -0.39 is 0 Å². The summed E-state index contributed by atoms with van der Waals surface area (Å²) in [5.74, 6) is 0.929. The third kappa shape index (κ3) is 3.54. The molecular weight excluding hydrogens is 368 g/mol. The van der Waals surface area contributed by atoms with E-state index in [1.165, 1.54) is 0 Å². The van der Waals surface area contributed by atoms with Crippen LogP contribution < -0.4 is 4.74 Å². The van der Waals surface area contributed by atoms with Gasteiger partial charge in [-0.15, -0.1) is 0 Å². The molecule has 1 unspecified atom stereocenters. The first-order valence-corrected chi connectivity index (χ1v) is 9.45. The average Bonchev–Trinajstić information content (AvgIpc) is 3.44. The molecule has 0 aliphatic carbocycles. The maximum Gasteiger partial charge on any atom is 0.276 e. The second kappa shape index (κ2) is 7.35. The zero-order valence-corrected chi connectivity index (χ0v) is 15.6. The molecule has 1 saturated heterocycles. The maximum absolute atomic E-state index is 12.8. The van der Waals surface area contributed by atoms with Crippen molar-refractivity contribution < 1.29 is 14.1 Å². The molecule has 4 heterocycles. The van der Waals surface area contributed by atoms with E-state index in [1.807, 2.05) is 48.5 Å². The van der Waals surface area contributed by atoms with Crippen LogP contribution in [0.15, 0.2) is 71.5 Å². The standard InChI is InChI=1S/C22H18N4O3/c27-22(19-12-20(29-25-19)16-5-3-10-23-13-16)26-11-9-17(14-26)28-21-8-7-15-4-1-2-6-18(15)24-21/h1-8,10,12-13,17H,9,11,14H2. The van der Waals surface area contributed by atoms with Crippen LogP contribution in [0.4, 0.5) is 0 Å². The summed E-state index contributed by atoms with van der Waals surface area (Å²) < 4.78 is 11.3. The van der Waals surface area contributed by atoms with E-state index in [4.69, 9.17) is 9.26 Å². The summed E-state index contributed by atoms with van der Waals surface area (Å²) in [6.07, 6.45) is 4.00. The van der Waals surface area contributed by atoms with Gasteiger partial charge in [-0.2, -0.15) is 0 Å². The van der Waals surface area contributed by atoms with Crippen LogP contribution in [0.5, 0.6) is 5.88 Å². The molecule has 3 aromatic heterocycles. The molecule has 29 heavy (non-hydrogen) atoms. The van der Waals surface area contributed by atoms with Crippen molar-refractivity contribution in [2.75, 3.05) is 13.1 Å². The molecule has 0 spiro atoms. The van der Waals surface area contributed by atoms with Crippen molar-refractivity contribution in [2.24, 2.45) is 0 Å². The molecule has 1 fully saturated rings. The van der Waals surface area contributed by atoms with Crippen LogP contribution in [0, 0.1) is 0 Å². The fourth-order valence-corrected chi connectivity index (χ4v) is 3.48. The van der Waals surface area contributed by atoms with Crippen LogP contribution in [0.3, 0.4) is 0 Å². The first-order chi connectivity index (χ1) is 14.3. The Morgan fingerprint density at radius 3 is 2.97 bits per heavy atom. The number of hydrogen-bond acceptors (Lipinski definition) is 6. The number of pyridine rings is 2. The Morgan fingerprint density at radius 2 is 2.07 bits per heavy atom. The van der Waals surface area contributed by atoms with Gasteiger partial charge >= 0.3 is 0 Å². The number of likely N-dealkylation sites (tertiary alicyclic amines) is 1. The van der Waals surface area contributed by atoms with E-state index >= 15 is 0 Å². The molecule has 1 amide bonds. The van der Waals surface area contributed by atoms with Crippen LogP contribution >= 0.6 is 0 Å². The van der Waals surface area contributed by atoms with Crippen LogP contribution in [-0.2, 0) is 0 Å². The van der Waals surface area contributed by atoms with E-state index in [0.29, 0.717) is 24.7 Å². The van der Waals surface area contributed by atoms with Gasteiger partial charge in [0.05, 0.1) is 12.1 Å². The number of hydrogen-bond donors (Lipinski definition) is 0. The van der Waals surface area contributed by atoms with Gasteiger partial charge in [0.15, 0.2) is 11.5 Å². The molecule has 144 valence electrons. The first kappa shape index (κ1) is 17.4. The number of nitrogens with zero attached hydrogens (tertiary/aromatic N) is 4. The largest absolute Gasteiger partial charge is 0.472 e. The lowest BCUT2D eigenvalue weighted by molar-refractivity contribution is 0.0761. The highest BCUT2D eigenvalue weighted by Gasteiger charge is 2.30. The van der Waals surface area contributed by atoms with Crippen molar-refractivity contribution in [1.29, 1.82) is 0 Å². The molecule has 1 aliphatic rings. The number of fused-ring (bicyclic) bond motifs is 1. The van der Waals surface area contributed by atoms with Crippen LogP contribution in [0.1, 0.15) is 16.9 Å². The fourth-order valence-electron chi connectivity index (χ4n) is 3.48. The van der Waals surface area contributed by atoms with E-state index in [2.05, 4.69) is 15.1 Å². The van der Waals surface area contributed by atoms with Crippen molar-refractivity contribution in [1.82, 2.24) is 20.0 Å². The van der Waals surface area contributed by atoms with Crippen LogP contribution in [-0.4, -0.2) is 45.1 Å². The van der Waals surface area contributed by atoms with Crippen LogP contribution in [0.25, 0.3) is 22.2 Å². The van der Waals surface area contributed by atoms with Gasteiger partial charge in [-0.1, -0.05) is 23.4 Å². The van der Waals surface area contributed by atoms with Gasteiger partial charge in [0.25, 0.3) is 5.91 Å². The lowest BCUT2D eigenvalue weighted by Gasteiger charge is -2.15. The van der Waals surface area contributed by atoms with E-state index in [-0.39, 0.29) is 17.7 Å². The lowest BCUT2D eigenvalue weighted by Crippen LogP contribution is -2.31. The van der Waals surface area contributed by atoms with Crippen molar-refractivity contribution in [2.45, 2.75) is 12.5 Å². The number of benzene rings is 1. The molecule has 7 nitrogen and oxygen atoms in total. The Labute approximate surface area is 166 Å². The average molecular weight is 386 g/mol. The topological polar surface area (TPSA) is 81.4 Å². The Kier molecular flexibility index (Phi) is 4.40. The van der Waals surface area contributed by atoms with E-state index in [0.717, 1.165) is 22.9 Å². The molecule has 4 aromatic rings. The Bertz CT molecular complexity index is 1160. The molecule has 5 rings (SSSR count). The smallest absolute Gasteiger partial charge is 0.276 e. The van der Waals surface area contributed by atoms with E-state index in [9.17, 15) is 4.79 Å². The molecular formula is C22H18N4O3. The first-order valence-electron chi connectivity index (χ1n) is 9.45. The number of carbonyl (C=O) groups excluding carboxylic acids is 1. The van der Waals surface area contributed by atoms with Crippen molar-refractivity contribution >= 4 is 16.8 Å². The molecule has 1 aromatic carbocycles. The molecule has 0 N–H and O–H groups in total. The minimum absolute atomic E-state index is 0.0997. The summed E-state index contributed by atoms with van der Waals surface area (Å²) in [4.78, 5) is 23.1. The monoisotopic (exact) mass is 386 g/mol. The Balaban J connectivity index is 1.25. The Morgan fingerprint density at radius 1 is 1.14 bits per heavy atom. The minimum Gasteiger partial charge on any atom is -0.472 e. The normalized spacial score (nSPS) is 16.3. The number of para-hydroxylation sites is 1. The summed E-state index contributed by atoms with van der Waals surface area (Å²) in [7, 11) is 0. The van der Waals surface area contributed by atoms with E-state index in [1.54, 1.807) is 23.4 Å². The highest BCUT2D eigenvalue weighted by atomic mass is 16.5. The van der Waals surface area contributed by atoms with Gasteiger partial charge in [0.1, 0.15) is 6.10 Å². The third-order valence-corrected chi connectivity index (χ3v) is 4.97. The molecule has 1 atom stereocenters. The zero-order valence-electron chi connectivity index (χ0n) is 15.6. The fraction of sp³-hybridized carbons (Fsp3) is 0.182. The summed E-state index contributed by atoms with van der Waals surface area (Å²) >= 11 is 0. The zero-order chi connectivity index (χ0) is 19.6. The Hall–Kier alpha value is -3.74. The summed E-state index contributed by atoms with van der Waals surface area (Å²) in [6.45, 7) is 1.09. The van der Waals surface area contributed by atoms with Crippen molar-refractivity contribution in [3.05, 3.63) is 72.7 Å². The minimum atomic E-state index is -0.165. The number of aromatic nitrogens is 3. The molecule has 0 bridgehead atoms. The predicted molar refractivity (Wildman–Crippen MR) is 106 cm³/mol. The number of ether oxygens (including phenoxy) is 1. The van der Waals surface area contributed by atoms with Gasteiger partial charge < -0.3 is 14.2 Å². The molecule has 0 radical (unpaired) electrons. The van der Waals surface area contributed by atoms with Gasteiger partial charge in [-0.25, -0.2) is 4.98 Å². The number of amides is 1. The number of rotatable bonds is 4. The van der Waals surface area contributed by atoms with Crippen LogP contribution in [0.2, 0.25) is 0 Å². The third-order valence-electron chi connectivity index (χ3n) is 4.97. The quantitative estimate of drug-likeness (QED) is 0.533. The number of carbonyl (C=O) groups is 1. The summed E-state index contributed by atoms with van der Waals surface area (Å²) in [6, 6.07) is 17.1. The van der Waals surface area contributed by atoms with Gasteiger partial charge in [0.2, 0.25) is 5.88 Å². The lowest BCUT2D eigenvalue weighted by atomic mass is 10.2. The maximum atomic E-state index is 12.8. The molecule has 1 aliphatic heterocycles. The second-order valence-electron chi connectivity index (χ2n) is 6.94. The van der Waals surface area contributed by atoms with Crippen molar-refractivity contribution in [3.8, 4) is 17.2 Å². The van der Waals surface area contributed by atoms with Gasteiger partial charge in [-0.3, -0.25) is 9.78 Å². The van der Waals surface area contributed by atoms with Gasteiger partial charge in [-0.05, 0) is 24.3 Å². The predicted octanol–water partition coefficient (Wildman–Crippen LogP) is 3.58. The second-order valence-corrected chi connectivity index (χ2v) is 6.94. The molecule has 7 heteroatoms.